The normalized spacial score (nSPS) is 55.8. The molecule has 0 aromatic carbocycles. The highest BCUT2D eigenvalue weighted by atomic mass is 16.8. The number of aliphatic hydroxyl groups excluding tert-OH is 10. The molecule has 9 rings (SSSR count). The Bertz CT molecular complexity index is 1830. The fraction of sp³-hybridized carbons (Fsp3) is 0.936. The van der Waals surface area contributed by atoms with E-state index in [4.69, 9.17) is 33.2 Å². The van der Waals surface area contributed by atoms with Crippen LogP contribution in [0.3, 0.4) is 0 Å². The van der Waals surface area contributed by atoms with Crippen LogP contribution in [-0.2, 0) is 38.0 Å². The third kappa shape index (κ3) is 7.12. The minimum atomic E-state index is -1.75. The summed E-state index contributed by atoms with van der Waals surface area (Å²) in [7, 11) is 0. The first-order valence-electron chi connectivity index (χ1n) is 23.9. The van der Waals surface area contributed by atoms with E-state index in [0.29, 0.717) is 19.3 Å². The number of allylic oxidation sites excluding steroid dienone is 2. The van der Waals surface area contributed by atoms with Gasteiger partial charge in [0.2, 0.25) is 0 Å². The molecule has 18 heteroatoms. The van der Waals surface area contributed by atoms with Crippen molar-refractivity contribution in [1.82, 2.24) is 0 Å². The quantitative estimate of drug-likeness (QED) is 0.0855. The Morgan fingerprint density at radius 1 is 0.708 bits per heavy atom. The Labute approximate surface area is 380 Å². The van der Waals surface area contributed by atoms with Gasteiger partial charge in [-0.3, -0.25) is 4.79 Å². The Morgan fingerprint density at radius 3 is 2.09 bits per heavy atom. The van der Waals surface area contributed by atoms with Gasteiger partial charge in [0, 0.05) is 11.8 Å². The van der Waals surface area contributed by atoms with Crippen molar-refractivity contribution in [2.45, 2.75) is 204 Å². The van der Waals surface area contributed by atoms with Crippen molar-refractivity contribution in [2.75, 3.05) is 19.8 Å². The standard InChI is InChI=1S/C47H74O18/c1-42(2)14-21-20-8-9-26-44(5)12-11-28(43(3,4)25(44)10-13-45(26,6)46(20,7)15-27(50)47(21)16-29(42)64-41(47)58)63-40-37(65-39-35(56)30(51)22(49)18-59-39)34(55)32(53)24(62-40)19-60-38-36(57)33(54)31(52)23(17-48)61-38/h8,21-40,48-57H,9-19H2,1-7H3. The molecular weight excluding hydrogens is 852 g/mol. The van der Waals surface area contributed by atoms with Crippen LogP contribution in [0, 0.1) is 50.2 Å². The van der Waals surface area contributed by atoms with Crippen LogP contribution in [0.5, 0.6) is 0 Å². The van der Waals surface area contributed by atoms with E-state index in [0.717, 1.165) is 32.1 Å². The highest BCUT2D eigenvalue weighted by Crippen LogP contribution is 2.76. The van der Waals surface area contributed by atoms with E-state index in [1.54, 1.807) is 0 Å². The summed E-state index contributed by atoms with van der Waals surface area (Å²) < 4.78 is 42.2. The monoisotopic (exact) mass is 926 g/mol. The van der Waals surface area contributed by atoms with Gasteiger partial charge in [0.1, 0.15) is 78.7 Å². The van der Waals surface area contributed by atoms with E-state index in [2.05, 4.69) is 54.5 Å². The lowest BCUT2D eigenvalue weighted by molar-refractivity contribution is -0.376. The zero-order valence-electron chi connectivity index (χ0n) is 38.6. The molecule has 4 heterocycles. The molecule has 9 aliphatic rings. The molecule has 4 saturated carbocycles. The summed E-state index contributed by atoms with van der Waals surface area (Å²) >= 11 is 0. The van der Waals surface area contributed by atoms with E-state index >= 15 is 0 Å². The second kappa shape index (κ2) is 16.6. The van der Waals surface area contributed by atoms with Gasteiger partial charge in [0.05, 0.1) is 32.0 Å². The van der Waals surface area contributed by atoms with E-state index in [9.17, 15) is 55.9 Å². The van der Waals surface area contributed by atoms with Gasteiger partial charge in [-0.15, -0.1) is 0 Å². The largest absolute Gasteiger partial charge is 0.461 e. The van der Waals surface area contributed by atoms with Gasteiger partial charge in [-0.25, -0.2) is 0 Å². The van der Waals surface area contributed by atoms with E-state index in [1.165, 1.54) is 5.57 Å². The minimum absolute atomic E-state index is 0.0965. The first kappa shape index (κ1) is 48.6. The average molecular weight is 927 g/mol. The van der Waals surface area contributed by atoms with Crippen LogP contribution >= 0.6 is 0 Å². The van der Waals surface area contributed by atoms with E-state index < -0.39 is 122 Å². The van der Waals surface area contributed by atoms with Gasteiger partial charge in [-0.1, -0.05) is 60.1 Å². The molecule has 0 aromatic rings. The Balaban J connectivity index is 0.970. The van der Waals surface area contributed by atoms with Crippen molar-refractivity contribution >= 4 is 5.97 Å². The zero-order valence-corrected chi connectivity index (χ0v) is 38.6. The highest BCUT2D eigenvalue weighted by molar-refractivity contribution is 5.82. The lowest BCUT2D eigenvalue weighted by Crippen LogP contribution is -2.68. The van der Waals surface area contributed by atoms with Gasteiger partial charge in [-0.05, 0) is 84.4 Å². The van der Waals surface area contributed by atoms with Gasteiger partial charge in [-0.2, -0.15) is 0 Å². The van der Waals surface area contributed by atoms with Gasteiger partial charge in [0.25, 0.3) is 0 Å². The van der Waals surface area contributed by atoms with Crippen LogP contribution in [-0.4, -0.2) is 181 Å². The Kier molecular flexibility index (Phi) is 12.4. The van der Waals surface area contributed by atoms with Crippen LogP contribution in [0.1, 0.15) is 99.8 Å². The summed E-state index contributed by atoms with van der Waals surface area (Å²) in [6.07, 6.45) is -15.2. The van der Waals surface area contributed by atoms with Crippen LogP contribution in [0.15, 0.2) is 11.6 Å². The minimum Gasteiger partial charge on any atom is -0.461 e. The van der Waals surface area contributed by atoms with Crippen molar-refractivity contribution in [1.29, 1.82) is 0 Å². The number of ether oxygens (including phenoxy) is 7. The molecule has 370 valence electrons. The van der Waals surface area contributed by atoms with Crippen LogP contribution in [0.4, 0.5) is 0 Å². The fourth-order valence-electron chi connectivity index (χ4n) is 15.2. The lowest BCUT2D eigenvalue weighted by Gasteiger charge is -2.71. The van der Waals surface area contributed by atoms with E-state index in [-0.39, 0.29) is 58.1 Å². The number of fused-ring (bicyclic) bond motifs is 7. The third-order valence-corrected chi connectivity index (χ3v) is 19.4. The van der Waals surface area contributed by atoms with Gasteiger partial charge < -0.3 is 84.2 Å². The molecule has 24 atom stereocenters. The predicted molar refractivity (Wildman–Crippen MR) is 224 cm³/mol. The summed E-state index contributed by atoms with van der Waals surface area (Å²) in [6, 6.07) is 0. The molecule has 24 unspecified atom stereocenters. The molecule has 2 bridgehead atoms. The third-order valence-electron chi connectivity index (χ3n) is 19.4. The maximum atomic E-state index is 13.8. The summed E-state index contributed by atoms with van der Waals surface area (Å²) in [4.78, 5) is 13.8. The van der Waals surface area contributed by atoms with Gasteiger partial charge >= 0.3 is 5.97 Å². The molecule has 18 nitrogen and oxygen atoms in total. The van der Waals surface area contributed by atoms with Crippen LogP contribution in [0.25, 0.3) is 0 Å². The van der Waals surface area contributed by atoms with Crippen molar-refractivity contribution in [3.05, 3.63) is 11.6 Å². The molecule has 4 aliphatic heterocycles. The number of rotatable bonds is 8. The molecular formula is C47H74O18. The first-order valence-corrected chi connectivity index (χ1v) is 23.9. The number of carbonyl (C=O) groups is 1. The maximum absolute atomic E-state index is 13.8. The number of carbonyl (C=O) groups excluding carboxylic acids is 1. The summed E-state index contributed by atoms with van der Waals surface area (Å²) in [5, 5.41) is 108. The van der Waals surface area contributed by atoms with Crippen molar-refractivity contribution < 1.29 is 89.0 Å². The fourth-order valence-corrected chi connectivity index (χ4v) is 15.2. The molecule has 8 fully saturated rings. The second-order valence-corrected chi connectivity index (χ2v) is 23.3. The second-order valence-electron chi connectivity index (χ2n) is 23.3. The number of hydrogen-bond acceptors (Lipinski definition) is 18. The average Bonchev–Trinajstić information content (AvgIpc) is 3.57. The molecule has 0 amide bonds. The van der Waals surface area contributed by atoms with Crippen molar-refractivity contribution in [3.63, 3.8) is 0 Å². The molecule has 4 saturated heterocycles. The number of aliphatic hydroxyl groups is 10. The molecule has 5 aliphatic carbocycles. The smallest absolute Gasteiger partial charge is 0.315 e. The SMILES string of the molecule is CC1(C)CC2C3=CCC4C5(C)CCC(OC6OC(COC7OC(CO)C(O)C(O)C7O)C(O)C(O)C6OC6OCC(O)C(O)C6O)C(C)(C)C5CCC4(C)C3(C)CC(O)C23CC1OC3=O. The summed E-state index contributed by atoms with van der Waals surface area (Å²) in [5.74, 6) is 0.0206. The molecule has 0 aromatic heterocycles. The van der Waals surface area contributed by atoms with Crippen LogP contribution in [0.2, 0.25) is 0 Å². The summed E-state index contributed by atoms with van der Waals surface area (Å²) in [5.41, 5.74) is -1.06. The van der Waals surface area contributed by atoms with Crippen LogP contribution < -0.4 is 0 Å². The van der Waals surface area contributed by atoms with Crippen molar-refractivity contribution in [3.8, 4) is 0 Å². The lowest BCUT2D eigenvalue weighted by atomic mass is 9.33. The Morgan fingerprint density at radius 2 is 1.38 bits per heavy atom. The zero-order chi connectivity index (χ0) is 47.1. The molecule has 65 heavy (non-hydrogen) atoms. The number of hydrogen-bond donors (Lipinski definition) is 10. The summed E-state index contributed by atoms with van der Waals surface area (Å²) in [6.45, 7) is 14.2. The highest BCUT2D eigenvalue weighted by Gasteiger charge is 2.74. The van der Waals surface area contributed by atoms with E-state index in [1.807, 2.05) is 0 Å². The maximum Gasteiger partial charge on any atom is 0.315 e. The molecule has 1 spiro atoms. The van der Waals surface area contributed by atoms with Gasteiger partial charge in [0.15, 0.2) is 18.9 Å². The first-order chi connectivity index (χ1) is 30.4. The number of esters is 1. The topological polar surface area (TPSA) is 284 Å². The predicted octanol–water partition coefficient (Wildman–Crippen LogP) is -0.233. The molecule has 10 N–H and O–H groups in total. The Hall–Kier alpha value is -1.43. The molecule has 0 radical (unpaired) electrons. The van der Waals surface area contributed by atoms with Crippen molar-refractivity contribution in [2.24, 2.45) is 50.2 Å².